The van der Waals surface area contributed by atoms with Crippen LogP contribution in [0.5, 0.6) is 5.75 Å². The van der Waals surface area contributed by atoms with Crippen molar-refractivity contribution in [3.05, 3.63) is 65.1 Å². The van der Waals surface area contributed by atoms with Crippen molar-refractivity contribution >= 4 is 5.82 Å². The summed E-state index contributed by atoms with van der Waals surface area (Å²) in [4.78, 5) is 18.4. The number of aromatic nitrogens is 3. The third-order valence-electron chi connectivity index (χ3n) is 6.59. The lowest BCUT2D eigenvalue weighted by Crippen LogP contribution is -2.41. The molecule has 0 bridgehead atoms. The van der Waals surface area contributed by atoms with Gasteiger partial charge in [-0.05, 0) is 31.2 Å². The van der Waals surface area contributed by atoms with E-state index in [0.29, 0.717) is 62.6 Å². The normalized spacial score (nSPS) is 17.4. The lowest BCUT2D eigenvalue weighted by Gasteiger charge is -2.35. The smallest absolute Gasteiger partial charge is 0.167 e. The molecule has 0 saturated carbocycles. The Hall–Kier alpha value is -3.68. The van der Waals surface area contributed by atoms with Gasteiger partial charge in [0.2, 0.25) is 0 Å². The molecule has 0 aliphatic carbocycles. The Morgan fingerprint density at radius 2 is 1.89 bits per heavy atom. The van der Waals surface area contributed by atoms with Gasteiger partial charge in [-0.1, -0.05) is 6.07 Å². The highest BCUT2D eigenvalue weighted by atomic mass is 19.1. The van der Waals surface area contributed by atoms with Crippen LogP contribution in [0.1, 0.15) is 36.8 Å². The number of aliphatic hydroxyl groups is 1. The van der Waals surface area contributed by atoms with Gasteiger partial charge in [0, 0.05) is 51.5 Å². The van der Waals surface area contributed by atoms with Gasteiger partial charge in [0.05, 0.1) is 17.1 Å². The van der Waals surface area contributed by atoms with Gasteiger partial charge >= 0.3 is 0 Å². The van der Waals surface area contributed by atoms with Gasteiger partial charge in [-0.2, -0.15) is 5.26 Å². The van der Waals surface area contributed by atoms with E-state index >= 15 is 0 Å². The van der Waals surface area contributed by atoms with Gasteiger partial charge in [0.1, 0.15) is 35.6 Å². The molecular formula is C26H26F2N6O2. The predicted octanol–water partition coefficient (Wildman–Crippen LogP) is 3.43. The molecule has 2 aliphatic heterocycles. The molecule has 8 nitrogen and oxygen atoms in total. The summed E-state index contributed by atoms with van der Waals surface area (Å²) < 4.78 is 33.1. The summed E-state index contributed by atoms with van der Waals surface area (Å²) in [5, 5.41) is 19.4. The van der Waals surface area contributed by atoms with E-state index < -0.39 is 17.9 Å². The number of hydrogen-bond acceptors (Lipinski definition) is 8. The van der Waals surface area contributed by atoms with Gasteiger partial charge in [-0.15, -0.1) is 0 Å². The maximum absolute atomic E-state index is 14.0. The maximum Gasteiger partial charge on any atom is 0.167 e. The summed E-state index contributed by atoms with van der Waals surface area (Å²) in [6, 6.07) is 10.6. The number of ether oxygens (including phenoxy) is 1. The number of benzene rings is 1. The summed E-state index contributed by atoms with van der Waals surface area (Å²) in [5.41, 5.74) is 3.10. The Morgan fingerprint density at radius 3 is 2.61 bits per heavy atom. The van der Waals surface area contributed by atoms with Crippen LogP contribution in [-0.4, -0.2) is 56.9 Å². The monoisotopic (exact) mass is 492 g/mol. The van der Waals surface area contributed by atoms with Crippen LogP contribution in [0.4, 0.5) is 14.6 Å². The van der Waals surface area contributed by atoms with Crippen molar-refractivity contribution < 1.29 is 18.6 Å². The molecule has 36 heavy (non-hydrogen) atoms. The van der Waals surface area contributed by atoms with Gasteiger partial charge in [-0.3, -0.25) is 4.90 Å². The Morgan fingerprint density at radius 1 is 1.08 bits per heavy atom. The van der Waals surface area contributed by atoms with Crippen LogP contribution in [0.15, 0.2) is 36.4 Å². The predicted molar refractivity (Wildman–Crippen MR) is 128 cm³/mol. The zero-order valence-corrected chi connectivity index (χ0v) is 19.9. The van der Waals surface area contributed by atoms with Crippen molar-refractivity contribution in [3.63, 3.8) is 0 Å². The van der Waals surface area contributed by atoms with E-state index in [-0.39, 0.29) is 17.5 Å². The Kier molecular flexibility index (Phi) is 6.76. The molecule has 0 amide bonds. The van der Waals surface area contributed by atoms with Crippen LogP contribution < -0.4 is 9.64 Å². The molecule has 1 aromatic carbocycles. The molecule has 186 valence electrons. The summed E-state index contributed by atoms with van der Waals surface area (Å²) in [7, 11) is 0. The van der Waals surface area contributed by atoms with Crippen LogP contribution in [-0.2, 0) is 13.0 Å². The third-order valence-corrected chi connectivity index (χ3v) is 6.59. The number of hydrogen-bond donors (Lipinski definition) is 1. The number of nitriles is 1. The van der Waals surface area contributed by atoms with Gasteiger partial charge < -0.3 is 14.7 Å². The van der Waals surface area contributed by atoms with Crippen LogP contribution in [0.3, 0.4) is 0 Å². The largest absolute Gasteiger partial charge is 0.487 e. The molecule has 0 radical (unpaired) electrons. The highest BCUT2D eigenvalue weighted by Gasteiger charge is 2.29. The summed E-state index contributed by atoms with van der Waals surface area (Å²) >= 11 is 0. The number of pyridine rings is 1. The first kappa shape index (κ1) is 24.0. The van der Waals surface area contributed by atoms with Crippen molar-refractivity contribution in [1.82, 2.24) is 19.9 Å². The number of halogens is 2. The highest BCUT2D eigenvalue weighted by molar-refractivity contribution is 5.70. The third kappa shape index (κ3) is 4.98. The average Bonchev–Trinajstić information content (AvgIpc) is 2.89. The van der Waals surface area contributed by atoms with Crippen LogP contribution in [0.2, 0.25) is 0 Å². The average molecular weight is 493 g/mol. The van der Waals surface area contributed by atoms with E-state index in [4.69, 9.17) is 14.7 Å². The van der Waals surface area contributed by atoms with Gasteiger partial charge in [0.25, 0.3) is 0 Å². The van der Waals surface area contributed by atoms with E-state index in [0.717, 1.165) is 17.5 Å². The molecule has 1 saturated heterocycles. The van der Waals surface area contributed by atoms with Crippen LogP contribution in [0, 0.1) is 23.0 Å². The standard InChI is InChI=1S/C26H26F2N6O2/c1-16(35)34-12-9-21-23(15-34)31-25(22-4-2-3-18(14-29)30-22)26(32-21)33-10-7-19(8-11-33)36-24-6-5-17(27)13-20(24)28/h2-6,13,16,19,35H,7-12,15H2,1H3. The zero-order valence-electron chi connectivity index (χ0n) is 19.9. The summed E-state index contributed by atoms with van der Waals surface area (Å²) in [5.74, 6) is -0.619. The van der Waals surface area contributed by atoms with Crippen molar-refractivity contribution in [1.29, 1.82) is 5.26 Å². The van der Waals surface area contributed by atoms with Crippen molar-refractivity contribution in [2.24, 2.45) is 0 Å². The molecule has 5 rings (SSSR count). The maximum atomic E-state index is 14.0. The first-order valence-corrected chi connectivity index (χ1v) is 12.0. The van der Waals surface area contributed by atoms with Crippen molar-refractivity contribution in [2.75, 3.05) is 24.5 Å². The van der Waals surface area contributed by atoms with Crippen molar-refractivity contribution in [3.8, 4) is 23.2 Å². The topological polar surface area (TPSA) is 98.4 Å². The van der Waals surface area contributed by atoms with Crippen molar-refractivity contribution in [2.45, 2.75) is 45.1 Å². The summed E-state index contributed by atoms with van der Waals surface area (Å²) in [6.07, 6.45) is 1.10. The fourth-order valence-electron chi connectivity index (χ4n) is 4.62. The van der Waals surface area contributed by atoms with Gasteiger partial charge in [0.15, 0.2) is 17.4 Å². The van der Waals surface area contributed by atoms with E-state index in [2.05, 4.69) is 16.0 Å². The molecular weight excluding hydrogens is 466 g/mol. The molecule has 1 unspecified atom stereocenters. The second-order valence-electron chi connectivity index (χ2n) is 9.04. The lowest BCUT2D eigenvalue weighted by molar-refractivity contribution is 0.00771. The Bertz CT molecular complexity index is 1300. The van der Waals surface area contributed by atoms with Crippen LogP contribution in [0.25, 0.3) is 11.4 Å². The second kappa shape index (κ2) is 10.1. The Labute approximate surface area is 207 Å². The molecule has 4 heterocycles. The quantitative estimate of drug-likeness (QED) is 0.579. The minimum absolute atomic E-state index is 0.0456. The molecule has 3 aromatic rings. The molecule has 1 atom stereocenters. The summed E-state index contributed by atoms with van der Waals surface area (Å²) in [6.45, 7) is 4.09. The SMILES string of the molecule is CC(O)N1CCc2nc(N3CCC(Oc4ccc(F)cc4F)CC3)c(-c3cccc(C#N)n3)nc2C1. The molecule has 2 aromatic heterocycles. The zero-order chi connectivity index (χ0) is 25.2. The molecule has 1 fully saturated rings. The van der Waals surface area contributed by atoms with E-state index in [1.807, 2.05) is 11.0 Å². The second-order valence-corrected chi connectivity index (χ2v) is 9.04. The number of piperidine rings is 1. The first-order valence-electron chi connectivity index (χ1n) is 12.0. The number of anilines is 1. The minimum atomic E-state index is -0.713. The minimum Gasteiger partial charge on any atom is -0.487 e. The van der Waals surface area contributed by atoms with E-state index in [9.17, 15) is 19.1 Å². The van der Waals surface area contributed by atoms with Gasteiger partial charge in [-0.25, -0.2) is 23.7 Å². The fraction of sp³-hybridized carbons (Fsp3) is 0.385. The fourth-order valence-corrected chi connectivity index (χ4v) is 4.62. The van der Waals surface area contributed by atoms with Crippen LogP contribution >= 0.6 is 0 Å². The number of nitrogens with zero attached hydrogens (tertiary/aromatic N) is 6. The highest BCUT2D eigenvalue weighted by Crippen LogP contribution is 2.32. The Balaban J connectivity index is 1.42. The molecule has 0 spiro atoms. The number of fused-ring (bicyclic) bond motifs is 1. The number of rotatable bonds is 5. The van der Waals surface area contributed by atoms with E-state index in [1.54, 1.807) is 19.1 Å². The van der Waals surface area contributed by atoms with E-state index in [1.165, 1.54) is 12.1 Å². The molecule has 1 N–H and O–H groups in total. The molecule has 2 aliphatic rings. The lowest BCUT2D eigenvalue weighted by atomic mass is 10.1. The molecule has 10 heteroatoms. The first-order chi connectivity index (χ1) is 17.4. The number of aliphatic hydroxyl groups excluding tert-OH is 1.